The summed E-state index contributed by atoms with van der Waals surface area (Å²) in [4.78, 5) is 16.4. The third kappa shape index (κ3) is 4.36. The normalized spacial score (nSPS) is 11.3. The van der Waals surface area contributed by atoms with E-state index in [2.05, 4.69) is 25.7 Å². The zero-order chi connectivity index (χ0) is 15.3. The van der Waals surface area contributed by atoms with E-state index in [1.165, 1.54) is 18.2 Å². The van der Waals surface area contributed by atoms with Crippen LogP contribution < -0.4 is 4.90 Å². The molecule has 20 heavy (non-hydrogen) atoms. The quantitative estimate of drug-likeness (QED) is 0.761. The third-order valence-electron chi connectivity index (χ3n) is 2.48. The van der Waals surface area contributed by atoms with Crippen molar-refractivity contribution in [1.29, 1.82) is 0 Å². The molecule has 112 valence electrons. The highest BCUT2D eigenvalue weighted by atomic mass is 79.9. The molecule has 0 bridgehead atoms. The number of rotatable bonds is 5. The number of pyridine rings is 1. The molecule has 0 fully saturated rings. The van der Waals surface area contributed by atoms with Gasteiger partial charge in [-0.05, 0) is 28.4 Å². The second kappa shape index (κ2) is 6.92. The fourth-order valence-corrected chi connectivity index (χ4v) is 1.97. The summed E-state index contributed by atoms with van der Waals surface area (Å²) < 4.78 is 43.9. The number of aromatic nitrogens is 1. The van der Waals surface area contributed by atoms with Gasteiger partial charge in [0, 0.05) is 17.2 Å². The Hall–Kier alpha value is -1.31. The van der Waals surface area contributed by atoms with E-state index in [9.17, 15) is 18.0 Å². The van der Waals surface area contributed by atoms with E-state index in [0.717, 1.165) is 6.07 Å². The van der Waals surface area contributed by atoms with E-state index >= 15 is 0 Å². The predicted octanol–water partition coefficient (Wildman–Crippen LogP) is 3.25. The highest BCUT2D eigenvalue weighted by molar-refractivity contribution is 9.10. The molecule has 1 rings (SSSR count). The first-order valence-corrected chi connectivity index (χ1v) is 6.63. The van der Waals surface area contributed by atoms with E-state index in [-0.39, 0.29) is 23.4 Å². The minimum atomic E-state index is -4.55. The van der Waals surface area contributed by atoms with Gasteiger partial charge in [0.05, 0.1) is 12.7 Å². The number of ether oxygens (including phenoxy) is 1. The van der Waals surface area contributed by atoms with Crippen LogP contribution in [0.15, 0.2) is 16.7 Å². The topological polar surface area (TPSA) is 42.4 Å². The van der Waals surface area contributed by atoms with Gasteiger partial charge in [0.2, 0.25) is 0 Å². The number of carbonyl (C=O) groups is 1. The van der Waals surface area contributed by atoms with Crippen molar-refractivity contribution < 1.29 is 22.7 Å². The molecule has 8 heteroatoms. The molecule has 0 aliphatic carbocycles. The first-order chi connectivity index (χ1) is 9.29. The van der Waals surface area contributed by atoms with Crippen LogP contribution in [0.2, 0.25) is 0 Å². The van der Waals surface area contributed by atoms with Gasteiger partial charge < -0.3 is 9.64 Å². The molecule has 0 unspecified atom stereocenters. The van der Waals surface area contributed by atoms with Crippen LogP contribution in [-0.4, -0.2) is 31.2 Å². The van der Waals surface area contributed by atoms with Crippen molar-refractivity contribution in [3.63, 3.8) is 0 Å². The molecule has 0 spiro atoms. The SMILES string of the molecule is CCCN(CC(=O)OC)c1ncc(Br)cc1C(F)(F)F. The molecular weight excluding hydrogens is 341 g/mol. The second-order valence-electron chi connectivity index (χ2n) is 4.02. The van der Waals surface area contributed by atoms with Crippen molar-refractivity contribution >= 4 is 27.7 Å². The summed E-state index contributed by atoms with van der Waals surface area (Å²) in [5.41, 5.74) is -0.885. The molecule has 0 amide bonds. The summed E-state index contributed by atoms with van der Waals surface area (Å²) in [7, 11) is 1.19. The van der Waals surface area contributed by atoms with Gasteiger partial charge in [0.15, 0.2) is 0 Å². The first kappa shape index (κ1) is 16.7. The van der Waals surface area contributed by atoms with Gasteiger partial charge in [-0.2, -0.15) is 13.2 Å². The molecule has 0 N–H and O–H groups in total. The van der Waals surface area contributed by atoms with Crippen molar-refractivity contribution in [3.05, 3.63) is 22.3 Å². The van der Waals surface area contributed by atoms with Crippen LogP contribution in [0.4, 0.5) is 19.0 Å². The predicted molar refractivity (Wildman–Crippen MR) is 71.5 cm³/mol. The fraction of sp³-hybridized carbons (Fsp3) is 0.500. The average molecular weight is 355 g/mol. The number of esters is 1. The maximum absolute atomic E-state index is 13.0. The molecule has 0 aromatic carbocycles. The van der Waals surface area contributed by atoms with Gasteiger partial charge in [0.25, 0.3) is 0 Å². The number of nitrogens with zero attached hydrogens (tertiary/aromatic N) is 2. The third-order valence-corrected chi connectivity index (χ3v) is 2.91. The zero-order valence-corrected chi connectivity index (χ0v) is 12.6. The van der Waals surface area contributed by atoms with Gasteiger partial charge in [0.1, 0.15) is 12.4 Å². The largest absolute Gasteiger partial charge is 0.468 e. The lowest BCUT2D eigenvalue weighted by atomic mass is 10.2. The maximum atomic E-state index is 13.0. The van der Waals surface area contributed by atoms with Crippen molar-refractivity contribution in [3.8, 4) is 0 Å². The Morgan fingerprint density at radius 3 is 2.65 bits per heavy atom. The second-order valence-corrected chi connectivity index (χ2v) is 4.94. The van der Waals surface area contributed by atoms with Crippen LogP contribution in [0.25, 0.3) is 0 Å². The molecule has 1 aromatic heterocycles. The Labute approximate surface area is 123 Å². The summed E-state index contributed by atoms with van der Waals surface area (Å²) in [6, 6.07) is 0.947. The van der Waals surface area contributed by atoms with Crippen molar-refractivity contribution in [2.45, 2.75) is 19.5 Å². The molecule has 0 saturated heterocycles. The Kier molecular flexibility index (Phi) is 5.79. The summed E-state index contributed by atoms with van der Waals surface area (Å²) >= 11 is 2.97. The Morgan fingerprint density at radius 1 is 1.50 bits per heavy atom. The number of anilines is 1. The van der Waals surface area contributed by atoms with Crippen LogP contribution in [0.1, 0.15) is 18.9 Å². The van der Waals surface area contributed by atoms with E-state index in [1.807, 2.05) is 0 Å². The summed E-state index contributed by atoms with van der Waals surface area (Å²) in [5.74, 6) is -0.885. The van der Waals surface area contributed by atoms with Crippen LogP contribution >= 0.6 is 15.9 Å². The molecule has 0 atom stereocenters. The molecular formula is C12H14BrF3N2O2. The molecule has 0 aliphatic rings. The van der Waals surface area contributed by atoms with Crippen molar-refractivity contribution in [2.75, 3.05) is 25.1 Å². The van der Waals surface area contributed by atoms with Gasteiger partial charge in [-0.25, -0.2) is 4.98 Å². The standard InChI is InChI=1S/C12H14BrF3N2O2/c1-3-4-18(7-10(19)20-2)11-9(12(14,15)16)5-8(13)6-17-11/h5-6H,3-4,7H2,1-2H3. The van der Waals surface area contributed by atoms with Gasteiger partial charge in [-0.15, -0.1) is 0 Å². The number of hydrogen-bond donors (Lipinski definition) is 0. The van der Waals surface area contributed by atoms with E-state index in [1.54, 1.807) is 6.92 Å². The van der Waals surface area contributed by atoms with Crippen LogP contribution in [0, 0.1) is 0 Å². The minimum Gasteiger partial charge on any atom is -0.468 e. The maximum Gasteiger partial charge on any atom is 0.419 e. The van der Waals surface area contributed by atoms with Gasteiger partial charge in [-0.3, -0.25) is 4.79 Å². The first-order valence-electron chi connectivity index (χ1n) is 5.84. The van der Waals surface area contributed by atoms with E-state index < -0.39 is 17.7 Å². The molecule has 4 nitrogen and oxygen atoms in total. The Balaban J connectivity index is 3.22. The van der Waals surface area contributed by atoms with Crippen LogP contribution in [0.3, 0.4) is 0 Å². The molecule has 0 saturated carbocycles. The fourth-order valence-electron chi connectivity index (χ4n) is 1.64. The van der Waals surface area contributed by atoms with Crippen LogP contribution in [0.5, 0.6) is 0 Å². The summed E-state index contributed by atoms with van der Waals surface area (Å²) in [6.07, 6.45) is -2.70. The number of halogens is 4. The number of alkyl halides is 3. The lowest BCUT2D eigenvalue weighted by Crippen LogP contribution is -2.33. The lowest BCUT2D eigenvalue weighted by molar-refractivity contribution is -0.140. The Bertz CT molecular complexity index is 480. The smallest absolute Gasteiger partial charge is 0.419 e. The molecule has 1 heterocycles. The molecule has 0 aliphatic heterocycles. The van der Waals surface area contributed by atoms with Gasteiger partial charge >= 0.3 is 12.1 Å². The summed E-state index contributed by atoms with van der Waals surface area (Å²) in [6.45, 7) is 1.80. The molecule has 1 aromatic rings. The van der Waals surface area contributed by atoms with Gasteiger partial charge in [-0.1, -0.05) is 6.92 Å². The zero-order valence-electron chi connectivity index (χ0n) is 11.0. The van der Waals surface area contributed by atoms with E-state index in [4.69, 9.17) is 0 Å². The molecule has 0 radical (unpaired) electrons. The van der Waals surface area contributed by atoms with Crippen molar-refractivity contribution in [2.24, 2.45) is 0 Å². The van der Waals surface area contributed by atoms with E-state index in [0.29, 0.717) is 6.42 Å². The average Bonchev–Trinajstić information content (AvgIpc) is 2.37. The van der Waals surface area contributed by atoms with Crippen molar-refractivity contribution in [1.82, 2.24) is 4.98 Å². The minimum absolute atomic E-state index is 0.225. The number of methoxy groups -OCH3 is 1. The lowest BCUT2D eigenvalue weighted by Gasteiger charge is -2.25. The summed E-state index contributed by atoms with van der Waals surface area (Å²) in [5, 5.41) is 0. The Morgan fingerprint density at radius 2 is 2.15 bits per heavy atom. The number of carbonyl (C=O) groups excluding carboxylic acids is 1. The highest BCUT2D eigenvalue weighted by Gasteiger charge is 2.36. The monoisotopic (exact) mass is 354 g/mol. The highest BCUT2D eigenvalue weighted by Crippen LogP contribution is 2.36. The number of hydrogen-bond acceptors (Lipinski definition) is 4. The van der Waals surface area contributed by atoms with Crippen LogP contribution in [-0.2, 0) is 15.7 Å².